The smallest absolute Gasteiger partial charge is 0.300 e. The van der Waals surface area contributed by atoms with E-state index in [2.05, 4.69) is 5.32 Å². The minimum Gasteiger partial charge on any atom is -0.481 e. The summed E-state index contributed by atoms with van der Waals surface area (Å²) < 4.78 is 0. The van der Waals surface area contributed by atoms with E-state index in [4.69, 9.17) is 61.0 Å². The molecule has 0 aliphatic rings. The number of carboxylic acid groups (broad SMARTS) is 5. The molecule has 0 saturated heterocycles. The SMILES string of the molecule is CC(=O)O.CC(=O)O.CC(=O)O.CC(=O)O.CC(=O)O.NCCNCCN.[Yb]. The number of rotatable bonds is 4. The second-order valence-electron chi connectivity index (χ2n) is 3.92. The van der Waals surface area contributed by atoms with Crippen LogP contribution in [0.25, 0.3) is 0 Å². The first kappa shape index (κ1) is 45.5. The Bertz CT molecular complexity index is 289. The van der Waals surface area contributed by atoms with E-state index in [9.17, 15) is 0 Å². The molecule has 10 N–H and O–H groups in total. The third-order valence-corrected chi connectivity index (χ3v) is 0.642. The van der Waals surface area contributed by atoms with Gasteiger partial charge >= 0.3 is 0 Å². The van der Waals surface area contributed by atoms with Crippen LogP contribution in [-0.4, -0.2) is 81.6 Å². The molecule has 0 spiro atoms. The van der Waals surface area contributed by atoms with Crippen molar-refractivity contribution in [3.63, 3.8) is 0 Å². The molecule has 0 aromatic rings. The first-order valence-corrected chi connectivity index (χ1v) is 7.16. The molecular formula is C14H33N3O10Yb. The van der Waals surface area contributed by atoms with E-state index in [-0.39, 0.29) is 46.9 Å². The largest absolute Gasteiger partial charge is 0.481 e. The third kappa shape index (κ3) is 1850. The first-order chi connectivity index (χ1) is 12.1. The van der Waals surface area contributed by atoms with Gasteiger partial charge in [0.25, 0.3) is 29.8 Å². The molecule has 0 aromatic heterocycles. The zero-order valence-electron chi connectivity index (χ0n) is 16.5. The minimum atomic E-state index is -0.833. The molecule has 0 fully saturated rings. The van der Waals surface area contributed by atoms with Crippen molar-refractivity contribution < 1.29 is 96.4 Å². The maximum atomic E-state index is 9.00. The van der Waals surface area contributed by atoms with Gasteiger partial charge in [-0.1, -0.05) is 0 Å². The number of carboxylic acids is 5. The van der Waals surface area contributed by atoms with E-state index in [0.29, 0.717) is 13.1 Å². The maximum Gasteiger partial charge on any atom is 0.300 e. The van der Waals surface area contributed by atoms with E-state index in [1.54, 1.807) is 0 Å². The number of nitrogens with two attached hydrogens (primary N) is 2. The van der Waals surface area contributed by atoms with Gasteiger partial charge in [-0.05, 0) is 0 Å². The van der Waals surface area contributed by atoms with E-state index < -0.39 is 29.8 Å². The van der Waals surface area contributed by atoms with Crippen LogP contribution in [0.5, 0.6) is 0 Å². The second kappa shape index (κ2) is 44.9. The molecule has 0 radical (unpaired) electrons. The van der Waals surface area contributed by atoms with Crippen molar-refractivity contribution in [1.29, 1.82) is 0 Å². The summed E-state index contributed by atoms with van der Waals surface area (Å²) in [5, 5.41) is 40.1. The van der Waals surface area contributed by atoms with Gasteiger partial charge in [-0.25, -0.2) is 0 Å². The zero-order valence-corrected chi connectivity index (χ0v) is 18.2. The molecule has 0 bridgehead atoms. The molecule has 13 nitrogen and oxygen atoms in total. The summed E-state index contributed by atoms with van der Waals surface area (Å²) in [5.41, 5.74) is 10.3. The standard InChI is InChI=1S/C4H13N3.5C2H4O2.Yb/c5-1-3-7-4-2-6;5*1-2(3)4;/h7H,1-6H2;5*1H3,(H,3,4);. The van der Waals surface area contributed by atoms with Gasteiger partial charge in [-0.15, -0.1) is 0 Å². The average molecular weight is 576 g/mol. The summed E-state index contributed by atoms with van der Waals surface area (Å²) in [7, 11) is 0. The van der Waals surface area contributed by atoms with Crippen molar-refractivity contribution >= 4 is 29.8 Å². The number of hydrogen-bond acceptors (Lipinski definition) is 8. The van der Waals surface area contributed by atoms with Gasteiger partial charge in [0.05, 0.1) is 0 Å². The fourth-order valence-corrected chi connectivity index (χ4v) is 0.329. The van der Waals surface area contributed by atoms with E-state index >= 15 is 0 Å². The zero-order chi connectivity index (χ0) is 23.4. The summed E-state index contributed by atoms with van der Waals surface area (Å²) in [5.74, 6) is -4.17. The van der Waals surface area contributed by atoms with Crippen molar-refractivity contribution in [3.05, 3.63) is 0 Å². The van der Waals surface area contributed by atoms with Crippen LogP contribution in [-0.2, 0) is 24.0 Å². The Morgan fingerprint density at radius 3 is 0.750 bits per heavy atom. The van der Waals surface area contributed by atoms with Gasteiger partial charge in [0, 0.05) is 108 Å². The van der Waals surface area contributed by atoms with Crippen LogP contribution < -0.4 is 16.8 Å². The minimum absolute atomic E-state index is 0. The third-order valence-electron chi connectivity index (χ3n) is 0.642. The van der Waals surface area contributed by atoms with Gasteiger partial charge in [-0.2, -0.15) is 0 Å². The van der Waals surface area contributed by atoms with Gasteiger partial charge in [-0.3, -0.25) is 24.0 Å². The summed E-state index contributed by atoms with van der Waals surface area (Å²) in [4.78, 5) is 45.0. The molecule has 0 rings (SSSR count). The number of nitrogens with one attached hydrogen (secondary N) is 1. The molecule has 0 heterocycles. The molecular weight excluding hydrogens is 543 g/mol. The van der Waals surface area contributed by atoms with Crippen molar-refractivity contribution in [2.45, 2.75) is 34.6 Å². The van der Waals surface area contributed by atoms with Crippen molar-refractivity contribution in [1.82, 2.24) is 5.32 Å². The Kier molecular flexibility index (Phi) is 72.9. The Morgan fingerprint density at radius 1 is 0.571 bits per heavy atom. The number of carbonyl (C=O) groups is 5. The molecule has 0 atom stereocenters. The van der Waals surface area contributed by atoms with Gasteiger partial charge in [0.1, 0.15) is 0 Å². The fraction of sp³-hybridized carbons (Fsp3) is 0.643. The Hall–Kier alpha value is -1.25. The second-order valence-corrected chi connectivity index (χ2v) is 3.92. The van der Waals surface area contributed by atoms with Crippen molar-refractivity contribution in [3.8, 4) is 0 Å². The monoisotopic (exact) mass is 577 g/mol. The van der Waals surface area contributed by atoms with Crippen LogP contribution in [0.4, 0.5) is 0 Å². The van der Waals surface area contributed by atoms with Crippen LogP contribution >= 0.6 is 0 Å². The quantitative estimate of drug-likeness (QED) is 0.186. The molecule has 0 amide bonds. The van der Waals surface area contributed by atoms with Crippen LogP contribution in [0, 0.1) is 46.9 Å². The summed E-state index contributed by atoms with van der Waals surface area (Å²) >= 11 is 0. The van der Waals surface area contributed by atoms with Crippen molar-refractivity contribution in [2.24, 2.45) is 11.5 Å². The molecule has 28 heavy (non-hydrogen) atoms. The Balaban J connectivity index is -0.0000000382. The van der Waals surface area contributed by atoms with Gasteiger partial charge < -0.3 is 42.3 Å². The van der Waals surface area contributed by atoms with Gasteiger partial charge in [0.2, 0.25) is 0 Å². The molecule has 0 aromatic carbocycles. The maximum absolute atomic E-state index is 9.00. The topological polar surface area (TPSA) is 251 Å². The molecule has 14 heteroatoms. The predicted molar refractivity (Wildman–Crippen MR) is 97.5 cm³/mol. The van der Waals surface area contributed by atoms with Crippen molar-refractivity contribution in [2.75, 3.05) is 26.2 Å². The number of aliphatic carboxylic acids is 5. The predicted octanol–water partition coefficient (Wildman–Crippen LogP) is -1.05. The first-order valence-electron chi connectivity index (χ1n) is 7.16. The van der Waals surface area contributed by atoms with E-state index in [0.717, 1.165) is 47.7 Å². The van der Waals surface area contributed by atoms with E-state index in [1.807, 2.05) is 0 Å². The normalized spacial score (nSPS) is 6.82. The Morgan fingerprint density at radius 2 is 0.679 bits per heavy atom. The van der Waals surface area contributed by atoms with E-state index in [1.165, 1.54) is 0 Å². The van der Waals surface area contributed by atoms with Crippen LogP contribution in [0.2, 0.25) is 0 Å². The molecule has 0 aliphatic carbocycles. The molecule has 0 unspecified atom stereocenters. The molecule has 0 saturated carbocycles. The van der Waals surface area contributed by atoms with Crippen LogP contribution in [0.1, 0.15) is 34.6 Å². The average Bonchev–Trinajstić information content (AvgIpc) is 2.35. The van der Waals surface area contributed by atoms with Crippen LogP contribution in [0.3, 0.4) is 0 Å². The van der Waals surface area contributed by atoms with Crippen LogP contribution in [0.15, 0.2) is 0 Å². The molecule has 0 aliphatic heterocycles. The number of hydrogen-bond donors (Lipinski definition) is 8. The summed E-state index contributed by atoms with van der Waals surface area (Å²) in [6.45, 7) is 8.55. The Labute approximate surface area is 202 Å². The summed E-state index contributed by atoms with van der Waals surface area (Å²) in [6, 6.07) is 0. The summed E-state index contributed by atoms with van der Waals surface area (Å²) in [6.07, 6.45) is 0. The van der Waals surface area contributed by atoms with Gasteiger partial charge in [0.15, 0.2) is 0 Å². The fourth-order valence-electron chi connectivity index (χ4n) is 0.329. The molecule has 178 valence electrons.